The molecule has 0 unspecified atom stereocenters. The number of ether oxygens (including phenoxy) is 3. The van der Waals surface area contributed by atoms with Crippen molar-refractivity contribution >= 4 is 5.97 Å². The highest BCUT2D eigenvalue weighted by Crippen LogP contribution is 2.21. The quantitative estimate of drug-likeness (QED) is 0.800. The molecule has 0 spiro atoms. The largest absolute Gasteiger partial charge is 0.453 e. The molecule has 1 heterocycles. The average Bonchev–Trinajstić information content (AvgIpc) is 2.66. The van der Waals surface area contributed by atoms with Crippen LogP contribution in [0.5, 0.6) is 0 Å². The van der Waals surface area contributed by atoms with Crippen LogP contribution in [0.1, 0.15) is 15.9 Å². The lowest BCUT2D eigenvalue weighted by molar-refractivity contribution is -0.273. The molecule has 3 rings (SSSR count). The average molecular weight is 344 g/mol. The second-order valence-corrected chi connectivity index (χ2v) is 5.79. The normalized spacial score (nSPS) is 26.2. The molecule has 6 nitrogen and oxygen atoms in total. The first-order chi connectivity index (χ1) is 12.1. The topological polar surface area (TPSA) is 85.2 Å². The molecule has 4 atom stereocenters. The monoisotopic (exact) mass is 344 g/mol. The zero-order valence-corrected chi connectivity index (χ0v) is 13.5. The second kappa shape index (κ2) is 8.22. The highest BCUT2D eigenvalue weighted by atomic mass is 16.7. The summed E-state index contributed by atoms with van der Waals surface area (Å²) < 4.78 is 16.2. The van der Waals surface area contributed by atoms with Crippen molar-refractivity contribution in [1.82, 2.24) is 0 Å². The first kappa shape index (κ1) is 17.6. The number of aliphatic hydroxyl groups is 2. The molecule has 0 saturated carbocycles. The molecule has 2 N–H and O–H groups in total. The van der Waals surface area contributed by atoms with Gasteiger partial charge in [-0.3, -0.25) is 0 Å². The van der Waals surface area contributed by atoms with E-state index < -0.39 is 30.6 Å². The van der Waals surface area contributed by atoms with Crippen LogP contribution in [0, 0.1) is 0 Å². The van der Waals surface area contributed by atoms with Gasteiger partial charge in [0, 0.05) is 0 Å². The molecule has 132 valence electrons. The van der Waals surface area contributed by atoms with Gasteiger partial charge in [-0.05, 0) is 17.7 Å². The minimum Gasteiger partial charge on any atom is -0.453 e. The Morgan fingerprint density at radius 3 is 2.32 bits per heavy atom. The van der Waals surface area contributed by atoms with Crippen molar-refractivity contribution in [2.45, 2.75) is 31.2 Å². The molecular weight excluding hydrogens is 324 g/mol. The summed E-state index contributed by atoms with van der Waals surface area (Å²) in [6.45, 7) is 0.181. The van der Waals surface area contributed by atoms with Crippen molar-refractivity contribution < 1.29 is 29.2 Å². The SMILES string of the molecule is O=C(O[C@H]1CO[C@@H](OCc2ccccc2)[C@H](O)[C@H]1O)c1ccccc1. The summed E-state index contributed by atoms with van der Waals surface area (Å²) in [4.78, 5) is 12.1. The van der Waals surface area contributed by atoms with Crippen LogP contribution < -0.4 is 0 Å². The van der Waals surface area contributed by atoms with Crippen molar-refractivity contribution in [1.29, 1.82) is 0 Å². The predicted octanol–water partition coefficient (Wildman–Crippen LogP) is 1.51. The Kier molecular flexibility index (Phi) is 5.78. The van der Waals surface area contributed by atoms with E-state index in [1.807, 2.05) is 30.3 Å². The third-order valence-corrected chi connectivity index (χ3v) is 3.96. The zero-order chi connectivity index (χ0) is 17.6. The van der Waals surface area contributed by atoms with E-state index in [-0.39, 0.29) is 13.2 Å². The van der Waals surface area contributed by atoms with Crippen LogP contribution in [0.4, 0.5) is 0 Å². The highest BCUT2D eigenvalue weighted by molar-refractivity contribution is 5.89. The lowest BCUT2D eigenvalue weighted by Crippen LogP contribution is -2.55. The Morgan fingerprint density at radius 1 is 1.00 bits per heavy atom. The summed E-state index contributed by atoms with van der Waals surface area (Å²) in [5.41, 5.74) is 1.29. The van der Waals surface area contributed by atoms with Gasteiger partial charge in [0.2, 0.25) is 0 Å². The van der Waals surface area contributed by atoms with Gasteiger partial charge < -0.3 is 24.4 Å². The van der Waals surface area contributed by atoms with E-state index in [0.29, 0.717) is 5.56 Å². The van der Waals surface area contributed by atoms with Crippen LogP contribution in [-0.2, 0) is 20.8 Å². The number of benzene rings is 2. The molecule has 0 amide bonds. The van der Waals surface area contributed by atoms with E-state index in [2.05, 4.69) is 0 Å². The molecule has 1 aliphatic rings. The molecule has 6 heteroatoms. The highest BCUT2D eigenvalue weighted by Gasteiger charge is 2.41. The molecule has 25 heavy (non-hydrogen) atoms. The number of carbonyl (C=O) groups is 1. The van der Waals surface area contributed by atoms with Gasteiger partial charge in [0.1, 0.15) is 12.2 Å². The maximum absolute atomic E-state index is 12.1. The molecule has 1 aliphatic heterocycles. The van der Waals surface area contributed by atoms with Crippen molar-refractivity contribution in [3.63, 3.8) is 0 Å². The Morgan fingerprint density at radius 2 is 1.64 bits per heavy atom. The minimum absolute atomic E-state index is 0.0593. The number of rotatable bonds is 5. The number of hydrogen-bond acceptors (Lipinski definition) is 6. The van der Waals surface area contributed by atoms with Crippen molar-refractivity contribution in [3.05, 3.63) is 71.8 Å². The van der Waals surface area contributed by atoms with Gasteiger partial charge in [0.25, 0.3) is 0 Å². The van der Waals surface area contributed by atoms with Crippen LogP contribution in [0.25, 0.3) is 0 Å². The van der Waals surface area contributed by atoms with E-state index in [1.165, 1.54) is 0 Å². The molecular formula is C19H20O6. The maximum Gasteiger partial charge on any atom is 0.338 e. The Hall–Kier alpha value is -2.25. The lowest BCUT2D eigenvalue weighted by atomic mass is 10.1. The third kappa shape index (κ3) is 4.43. The second-order valence-electron chi connectivity index (χ2n) is 5.79. The van der Waals surface area contributed by atoms with E-state index in [4.69, 9.17) is 14.2 Å². The van der Waals surface area contributed by atoms with E-state index >= 15 is 0 Å². The van der Waals surface area contributed by atoms with Gasteiger partial charge in [-0.25, -0.2) is 4.79 Å². The molecule has 0 aromatic heterocycles. The van der Waals surface area contributed by atoms with Crippen LogP contribution in [0.2, 0.25) is 0 Å². The van der Waals surface area contributed by atoms with Crippen LogP contribution >= 0.6 is 0 Å². The summed E-state index contributed by atoms with van der Waals surface area (Å²) in [7, 11) is 0. The fourth-order valence-corrected chi connectivity index (χ4v) is 2.55. The molecule has 0 aliphatic carbocycles. The van der Waals surface area contributed by atoms with Gasteiger partial charge in [0.05, 0.1) is 18.8 Å². The van der Waals surface area contributed by atoms with Crippen molar-refractivity contribution in [2.75, 3.05) is 6.61 Å². The van der Waals surface area contributed by atoms with Crippen LogP contribution in [-0.4, -0.2) is 47.4 Å². The molecule has 0 bridgehead atoms. The molecule has 0 radical (unpaired) electrons. The van der Waals surface area contributed by atoms with Gasteiger partial charge >= 0.3 is 5.97 Å². The summed E-state index contributed by atoms with van der Waals surface area (Å²) in [5, 5.41) is 20.4. The third-order valence-electron chi connectivity index (χ3n) is 3.96. The molecule has 2 aromatic carbocycles. The summed E-state index contributed by atoms with van der Waals surface area (Å²) in [5.74, 6) is -0.580. The standard InChI is InChI=1S/C19H20O6/c20-16-15(25-18(22)14-9-5-2-6-10-14)12-24-19(17(16)21)23-11-13-7-3-1-4-8-13/h1-10,15-17,19-21H,11-12H2/t15-,16-,17+,19+/m0/s1. The number of carbonyl (C=O) groups excluding carboxylic acids is 1. The molecule has 2 aromatic rings. The summed E-state index contributed by atoms with van der Waals surface area (Å²) in [6, 6.07) is 17.9. The van der Waals surface area contributed by atoms with E-state index in [9.17, 15) is 15.0 Å². The summed E-state index contributed by atoms with van der Waals surface area (Å²) in [6.07, 6.45) is -4.55. The maximum atomic E-state index is 12.1. The fourth-order valence-electron chi connectivity index (χ4n) is 2.55. The predicted molar refractivity (Wildman–Crippen MR) is 88.6 cm³/mol. The molecule has 1 saturated heterocycles. The zero-order valence-electron chi connectivity index (χ0n) is 13.5. The Labute approximate surface area is 145 Å². The number of aliphatic hydroxyl groups excluding tert-OH is 2. The summed E-state index contributed by atoms with van der Waals surface area (Å²) >= 11 is 0. The van der Waals surface area contributed by atoms with Crippen molar-refractivity contribution in [3.8, 4) is 0 Å². The van der Waals surface area contributed by atoms with Gasteiger partial charge in [-0.15, -0.1) is 0 Å². The minimum atomic E-state index is -1.31. The van der Waals surface area contributed by atoms with E-state index in [1.54, 1.807) is 30.3 Å². The lowest BCUT2D eigenvalue weighted by Gasteiger charge is -2.36. The van der Waals surface area contributed by atoms with Crippen LogP contribution in [0.15, 0.2) is 60.7 Å². The number of esters is 1. The van der Waals surface area contributed by atoms with Gasteiger partial charge in [-0.2, -0.15) is 0 Å². The van der Waals surface area contributed by atoms with Crippen LogP contribution in [0.3, 0.4) is 0 Å². The smallest absolute Gasteiger partial charge is 0.338 e. The van der Waals surface area contributed by atoms with Gasteiger partial charge in [0.15, 0.2) is 12.4 Å². The van der Waals surface area contributed by atoms with E-state index in [0.717, 1.165) is 5.56 Å². The fraction of sp³-hybridized carbons (Fsp3) is 0.316. The first-order valence-corrected chi connectivity index (χ1v) is 8.04. The Bertz CT molecular complexity index is 675. The first-order valence-electron chi connectivity index (χ1n) is 8.04. The number of hydrogen-bond donors (Lipinski definition) is 2. The molecule has 1 fully saturated rings. The van der Waals surface area contributed by atoms with Gasteiger partial charge in [-0.1, -0.05) is 48.5 Å². The Balaban J connectivity index is 1.54. The van der Waals surface area contributed by atoms with Crippen molar-refractivity contribution in [2.24, 2.45) is 0 Å².